The zero-order chi connectivity index (χ0) is 28.4. The number of aliphatic hydroxyl groups excluding tert-OH is 1. The molecule has 10 heteroatoms. The fraction of sp³-hybridized carbons (Fsp3) is 0.310. The summed E-state index contributed by atoms with van der Waals surface area (Å²) in [6.07, 6.45) is -1.72. The van der Waals surface area contributed by atoms with Gasteiger partial charge in [0.15, 0.2) is 0 Å². The lowest BCUT2D eigenvalue weighted by molar-refractivity contribution is 0.0873. The van der Waals surface area contributed by atoms with Crippen molar-refractivity contribution < 1.29 is 27.9 Å². The van der Waals surface area contributed by atoms with E-state index < -0.39 is 34.2 Å². The minimum atomic E-state index is -4.04. The van der Waals surface area contributed by atoms with E-state index in [1.165, 1.54) is 28.6 Å². The summed E-state index contributed by atoms with van der Waals surface area (Å²) in [4.78, 5) is 24.1. The van der Waals surface area contributed by atoms with Gasteiger partial charge in [-0.25, -0.2) is 13.2 Å². The van der Waals surface area contributed by atoms with Crippen molar-refractivity contribution in [2.75, 3.05) is 13.1 Å². The number of carbonyl (C=O) groups excluding carboxylic acids is 2. The number of rotatable bonds is 13. The number of aliphatic hydroxyl groups is 1. The number of sulfonamides is 1. The Morgan fingerprint density at radius 3 is 2.00 bits per heavy atom. The van der Waals surface area contributed by atoms with E-state index in [1.807, 2.05) is 74.5 Å². The smallest absolute Gasteiger partial charge is 0.407 e. The molecule has 0 aliphatic heterocycles. The van der Waals surface area contributed by atoms with Gasteiger partial charge in [-0.15, -0.1) is 0 Å². The number of carbonyl (C=O) groups is 2. The Hall–Kier alpha value is -3.73. The minimum absolute atomic E-state index is 0.0322. The number of hydrogen-bond acceptors (Lipinski definition) is 6. The molecule has 0 saturated heterocycles. The van der Waals surface area contributed by atoms with Gasteiger partial charge < -0.3 is 20.9 Å². The highest BCUT2D eigenvalue weighted by Gasteiger charge is 2.31. The van der Waals surface area contributed by atoms with Crippen LogP contribution in [0.3, 0.4) is 0 Å². The Morgan fingerprint density at radius 1 is 0.897 bits per heavy atom. The Kier molecular flexibility index (Phi) is 10.6. The van der Waals surface area contributed by atoms with Crippen molar-refractivity contribution in [1.29, 1.82) is 0 Å². The summed E-state index contributed by atoms with van der Waals surface area (Å²) >= 11 is 0. The first kappa shape index (κ1) is 29.8. The normalized spacial score (nSPS) is 13.2. The lowest BCUT2D eigenvalue weighted by Crippen LogP contribution is -2.51. The molecule has 3 aromatic carbocycles. The van der Waals surface area contributed by atoms with Gasteiger partial charge in [0.25, 0.3) is 0 Å². The van der Waals surface area contributed by atoms with Gasteiger partial charge in [-0.2, -0.15) is 4.31 Å². The van der Waals surface area contributed by atoms with Crippen LogP contribution in [0.5, 0.6) is 0 Å². The molecule has 0 saturated carbocycles. The fourth-order valence-corrected chi connectivity index (χ4v) is 5.64. The topological polar surface area (TPSA) is 139 Å². The number of ether oxygens (including phenoxy) is 1. The van der Waals surface area contributed by atoms with Gasteiger partial charge in [0, 0.05) is 18.7 Å². The lowest BCUT2D eigenvalue weighted by Gasteiger charge is -2.30. The van der Waals surface area contributed by atoms with Crippen LogP contribution >= 0.6 is 0 Å². The van der Waals surface area contributed by atoms with E-state index in [1.54, 1.807) is 0 Å². The Morgan fingerprint density at radius 2 is 1.46 bits per heavy atom. The van der Waals surface area contributed by atoms with E-state index in [0.29, 0.717) is 0 Å². The molecule has 39 heavy (non-hydrogen) atoms. The highest BCUT2D eigenvalue weighted by Crippen LogP contribution is 2.20. The van der Waals surface area contributed by atoms with Crippen LogP contribution in [0.15, 0.2) is 89.8 Å². The summed E-state index contributed by atoms with van der Waals surface area (Å²) in [5.74, 6) is -0.712. The van der Waals surface area contributed by atoms with Crippen LogP contribution in [-0.4, -0.2) is 55.1 Å². The molecule has 0 spiro atoms. The molecule has 0 aromatic heterocycles. The van der Waals surface area contributed by atoms with Crippen molar-refractivity contribution in [3.8, 4) is 0 Å². The third-order valence-electron chi connectivity index (χ3n) is 6.01. The van der Waals surface area contributed by atoms with E-state index in [4.69, 9.17) is 10.5 Å². The van der Waals surface area contributed by atoms with Crippen LogP contribution in [0.2, 0.25) is 0 Å². The number of nitrogens with two attached hydrogens (primary N) is 1. The van der Waals surface area contributed by atoms with Gasteiger partial charge >= 0.3 is 6.09 Å². The van der Waals surface area contributed by atoms with Gasteiger partial charge in [0.05, 0.1) is 17.0 Å². The molecule has 9 nitrogen and oxygen atoms in total. The van der Waals surface area contributed by atoms with Crippen LogP contribution in [0.25, 0.3) is 0 Å². The molecule has 208 valence electrons. The van der Waals surface area contributed by atoms with Gasteiger partial charge in [-0.3, -0.25) is 4.79 Å². The SMILES string of the molecule is CC(C)CN(C[C@@H](O)[C@H](Cc1ccccc1)NC(=O)OCc1ccccc1)S(=O)(=O)c1ccc(C(N)=O)cc1. The number of nitrogens with zero attached hydrogens (tertiary/aromatic N) is 1. The summed E-state index contributed by atoms with van der Waals surface area (Å²) in [7, 11) is -4.04. The Balaban J connectivity index is 1.80. The maximum Gasteiger partial charge on any atom is 0.407 e. The van der Waals surface area contributed by atoms with Crippen LogP contribution in [0.4, 0.5) is 4.79 Å². The van der Waals surface area contributed by atoms with E-state index >= 15 is 0 Å². The molecule has 0 fully saturated rings. The first-order valence-electron chi connectivity index (χ1n) is 12.7. The minimum Gasteiger partial charge on any atom is -0.445 e. The number of benzene rings is 3. The number of primary amides is 1. The molecule has 0 heterocycles. The first-order valence-corrected chi connectivity index (χ1v) is 14.1. The molecule has 0 aliphatic carbocycles. The average molecular weight is 554 g/mol. The summed E-state index contributed by atoms with van der Waals surface area (Å²) in [6, 6.07) is 23.0. The molecular weight excluding hydrogens is 518 g/mol. The van der Waals surface area contributed by atoms with Crippen molar-refractivity contribution in [3.05, 3.63) is 102 Å². The second-order valence-corrected chi connectivity index (χ2v) is 11.6. The van der Waals surface area contributed by atoms with Crippen LogP contribution in [0.1, 0.15) is 35.3 Å². The summed E-state index contributed by atoms with van der Waals surface area (Å²) < 4.78 is 33.6. The van der Waals surface area contributed by atoms with E-state index in [2.05, 4.69) is 5.32 Å². The number of nitrogens with one attached hydrogen (secondary N) is 1. The largest absolute Gasteiger partial charge is 0.445 e. The van der Waals surface area contributed by atoms with Crippen LogP contribution in [-0.2, 0) is 27.8 Å². The quantitative estimate of drug-likeness (QED) is 0.297. The van der Waals surface area contributed by atoms with E-state index in [-0.39, 0.29) is 42.5 Å². The molecule has 2 amide bonds. The van der Waals surface area contributed by atoms with E-state index in [0.717, 1.165) is 11.1 Å². The second-order valence-electron chi connectivity index (χ2n) is 9.67. The van der Waals surface area contributed by atoms with Crippen LogP contribution < -0.4 is 11.1 Å². The zero-order valence-corrected chi connectivity index (χ0v) is 22.9. The second kappa shape index (κ2) is 13.9. The van der Waals surface area contributed by atoms with Gasteiger partial charge in [0.2, 0.25) is 15.9 Å². The molecule has 4 N–H and O–H groups in total. The predicted molar refractivity (Wildman–Crippen MR) is 148 cm³/mol. The highest BCUT2D eigenvalue weighted by atomic mass is 32.2. The maximum atomic E-state index is 13.5. The standard InChI is InChI=1S/C29H35N3O6S/c1-21(2)18-32(39(36,37)25-15-13-24(14-16-25)28(30)34)19-27(33)26(17-22-9-5-3-6-10-22)31-29(35)38-20-23-11-7-4-8-12-23/h3-16,21,26-27,33H,17-20H2,1-2H3,(H2,30,34)(H,31,35)/t26-,27+/m0/s1. The Labute approximate surface area is 229 Å². The molecule has 0 bridgehead atoms. The number of amides is 2. The fourth-order valence-electron chi connectivity index (χ4n) is 4.02. The predicted octanol–water partition coefficient (Wildman–Crippen LogP) is 3.33. The molecule has 3 aromatic rings. The Bertz CT molecular complexity index is 1320. The van der Waals surface area contributed by atoms with Crippen molar-refractivity contribution in [3.63, 3.8) is 0 Å². The molecule has 0 aliphatic rings. The van der Waals surface area contributed by atoms with Gasteiger partial charge in [0.1, 0.15) is 6.61 Å². The third kappa shape index (κ3) is 8.91. The molecule has 0 unspecified atom stereocenters. The molecular formula is C29H35N3O6S. The van der Waals surface area contributed by atoms with Crippen molar-refractivity contribution >= 4 is 22.0 Å². The van der Waals surface area contributed by atoms with Crippen molar-refractivity contribution in [1.82, 2.24) is 9.62 Å². The van der Waals surface area contributed by atoms with Crippen LogP contribution in [0, 0.1) is 5.92 Å². The first-order chi connectivity index (χ1) is 18.6. The lowest BCUT2D eigenvalue weighted by atomic mass is 10.0. The maximum absolute atomic E-state index is 13.5. The summed E-state index contributed by atoms with van der Waals surface area (Å²) in [5, 5.41) is 14.0. The van der Waals surface area contributed by atoms with E-state index in [9.17, 15) is 23.1 Å². The van der Waals surface area contributed by atoms with Crippen molar-refractivity contribution in [2.24, 2.45) is 11.7 Å². The van der Waals surface area contributed by atoms with Gasteiger partial charge in [-0.05, 0) is 47.7 Å². The molecule has 2 atom stereocenters. The highest BCUT2D eigenvalue weighted by molar-refractivity contribution is 7.89. The average Bonchev–Trinajstić information content (AvgIpc) is 2.92. The van der Waals surface area contributed by atoms with Crippen molar-refractivity contribution in [2.45, 2.75) is 43.9 Å². The monoisotopic (exact) mass is 553 g/mol. The summed E-state index contributed by atoms with van der Waals surface area (Å²) in [5.41, 5.74) is 7.13. The van der Waals surface area contributed by atoms with Gasteiger partial charge in [-0.1, -0.05) is 74.5 Å². The summed E-state index contributed by atoms with van der Waals surface area (Å²) in [6.45, 7) is 3.65. The number of hydrogen-bond donors (Lipinski definition) is 3. The zero-order valence-electron chi connectivity index (χ0n) is 22.1. The molecule has 3 rings (SSSR count). The molecule has 0 radical (unpaired) electrons. The third-order valence-corrected chi connectivity index (χ3v) is 7.86. The number of alkyl carbamates (subject to hydrolysis) is 1.